The third-order valence-electron chi connectivity index (χ3n) is 5.86. The number of nitrogens with zero attached hydrogens (tertiary/aromatic N) is 5. The standard InChI is InChI=1S/C22H29N5O3/c1-6-25(17-18-4-5-23-22(24-18)27-10-12-28-13-11-27)8-9-26(7-1)19-2-3-20-21(16-19)30-15-14-29-20/h2-5,16H,1,6-15,17H2. The first-order chi connectivity index (χ1) is 14.8. The van der Waals surface area contributed by atoms with Gasteiger partial charge in [-0.3, -0.25) is 4.90 Å². The van der Waals surface area contributed by atoms with E-state index in [1.54, 1.807) is 0 Å². The third kappa shape index (κ3) is 4.44. The van der Waals surface area contributed by atoms with Crippen LogP contribution >= 0.6 is 0 Å². The molecule has 0 atom stereocenters. The van der Waals surface area contributed by atoms with Crippen LogP contribution < -0.4 is 19.3 Å². The Kier molecular flexibility index (Phi) is 5.85. The maximum Gasteiger partial charge on any atom is 0.225 e. The molecule has 2 aromatic rings. The highest BCUT2D eigenvalue weighted by Gasteiger charge is 2.20. The van der Waals surface area contributed by atoms with Crippen molar-refractivity contribution >= 4 is 11.6 Å². The van der Waals surface area contributed by atoms with Gasteiger partial charge in [-0.15, -0.1) is 0 Å². The second-order valence-electron chi connectivity index (χ2n) is 7.89. The molecule has 0 amide bonds. The molecule has 0 radical (unpaired) electrons. The maximum atomic E-state index is 5.76. The molecule has 2 saturated heterocycles. The van der Waals surface area contributed by atoms with E-state index in [0.717, 1.165) is 88.6 Å². The number of anilines is 2. The highest BCUT2D eigenvalue weighted by molar-refractivity contribution is 5.57. The lowest BCUT2D eigenvalue weighted by Crippen LogP contribution is -2.37. The lowest BCUT2D eigenvalue weighted by Gasteiger charge is -2.27. The van der Waals surface area contributed by atoms with Crippen molar-refractivity contribution in [1.82, 2.24) is 14.9 Å². The van der Waals surface area contributed by atoms with Crippen LogP contribution in [0.5, 0.6) is 11.5 Å². The van der Waals surface area contributed by atoms with Crippen molar-refractivity contribution in [3.8, 4) is 11.5 Å². The minimum absolute atomic E-state index is 0.621. The van der Waals surface area contributed by atoms with Gasteiger partial charge in [0.25, 0.3) is 0 Å². The summed E-state index contributed by atoms with van der Waals surface area (Å²) < 4.78 is 16.9. The summed E-state index contributed by atoms with van der Waals surface area (Å²) in [5, 5.41) is 0. The second kappa shape index (κ2) is 9.06. The number of ether oxygens (including phenoxy) is 3. The van der Waals surface area contributed by atoms with E-state index in [1.165, 1.54) is 5.69 Å². The van der Waals surface area contributed by atoms with Crippen molar-refractivity contribution < 1.29 is 14.2 Å². The molecule has 0 bridgehead atoms. The molecule has 4 heterocycles. The van der Waals surface area contributed by atoms with Crippen molar-refractivity contribution in [2.24, 2.45) is 0 Å². The zero-order valence-corrected chi connectivity index (χ0v) is 17.3. The van der Waals surface area contributed by atoms with Crippen LogP contribution in [0.15, 0.2) is 30.5 Å². The lowest BCUT2D eigenvalue weighted by atomic mass is 10.2. The first kappa shape index (κ1) is 19.4. The first-order valence-electron chi connectivity index (χ1n) is 10.9. The van der Waals surface area contributed by atoms with E-state index < -0.39 is 0 Å². The molecule has 0 unspecified atom stereocenters. The highest BCUT2D eigenvalue weighted by atomic mass is 16.6. The molecule has 5 rings (SSSR count). The van der Waals surface area contributed by atoms with Gasteiger partial charge >= 0.3 is 0 Å². The van der Waals surface area contributed by atoms with E-state index >= 15 is 0 Å². The van der Waals surface area contributed by atoms with E-state index in [0.29, 0.717) is 13.2 Å². The number of fused-ring (bicyclic) bond motifs is 1. The van der Waals surface area contributed by atoms with Crippen LogP contribution in [0.1, 0.15) is 12.1 Å². The summed E-state index contributed by atoms with van der Waals surface area (Å²) in [6, 6.07) is 8.32. The predicted molar refractivity (Wildman–Crippen MR) is 115 cm³/mol. The molecule has 1 aromatic heterocycles. The van der Waals surface area contributed by atoms with Crippen LogP contribution in [0.2, 0.25) is 0 Å². The number of rotatable bonds is 4. The van der Waals surface area contributed by atoms with Gasteiger partial charge in [0.05, 0.1) is 18.9 Å². The van der Waals surface area contributed by atoms with Gasteiger partial charge in [0.1, 0.15) is 13.2 Å². The van der Waals surface area contributed by atoms with E-state index in [2.05, 4.69) is 31.8 Å². The average Bonchev–Trinajstić information content (AvgIpc) is 3.05. The molecular formula is C22H29N5O3. The fourth-order valence-corrected chi connectivity index (χ4v) is 4.23. The molecule has 160 valence electrons. The number of benzene rings is 1. The summed E-state index contributed by atoms with van der Waals surface area (Å²) in [5.74, 6) is 2.53. The summed E-state index contributed by atoms with van der Waals surface area (Å²) >= 11 is 0. The van der Waals surface area contributed by atoms with Crippen molar-refractivity contribution in [2.45, 2.75) is 13.0 Å². The zero-order valence-electron chi connectivity index (χ0n) is 17.3. The summed E-state index contributed by atoms with van der Waals surface area (Å²) in [7, 11) is 0. The Hall–Kier alpha value is -2.58. The van der Waals surface area contributed by atoms with Crippen LogP contribution in [-0.2, 0) is 11.3 Å². The van der Waals surface area contributed by atoms with Crippen LogP contribution in [0.4, 0.5) is 11.6 Å². The van der Waals surface area contributed by atoms with E-state index in [4.69, 9.17) is 19.2 Å². The van der Waals surface area contributed by atoms with Gasteiger partial charge < -0.3 is 24.0 Å². The SMILES string of the molecule is c1cc(CN2CCCN(c3ccc4c(c3)OCCO4)CC2)nc(N2CCOCC2)n1. The summed E-state index contributed by atoms with van der Waals surface area (Å²) in [5.41, 5.74) is 2.29. The summed E-state index contributed by atoms with van der Waals surface area (Å²) in [6.07, 6.45) is 3.00. The van der Waals surface area contributed by atoms with Crippen molar-refractivity contribution in [3.05, 3.63) is 36.2 Å². The van der Waals surface area contributed by atoms with Crippen molar-refractivity contribution in [1.29, 1.82) is 0 Å². The van der Waals surface area contributed by atoms with Gasteiger partial charge in [-0.05, 0) is 24.6 Å². The van der Waals surface area contributed by atoms with E-state index in [9.17, 15) is 0 Å². The molecular weight excluding hydrogens is 382 g/mol. The second-order valence-corrected chi connectivity index (χ2v) is 7.89. The van der Waals surface area contributed by atoms with Crippen LogP contribution in [0.3, 0.4) is 0 Å². The predicted octanol–water partition coefficient (Wildman–Crippen LogP) is 1.80. The van der Waals surface area contributed by atoms with Gasteiger partial charge in [-0.1, -0.05) is 0 Å². The lowest BCUT2D eigenvalue weighted by molar-refractivity contribution is 0.122. The molecule has 3 aliphatic rings. The maximum absolute atomic E-state index is 5.76. The molecule has 2 fully saturated rings. The van der Waals surface area contributed by atoms with Gasteiger partial charge in [-0.25, -0.2) is 9.97 Å². The number of morpholine rings is 1. The summed E-state index contributed by atoms with van der Waals surface area (Å²) in [6.45, 7) is 9.41. The monoisotopic (exact) mass is 411 g/mol. The quantitative estimate of drug-likeness (QED) is 0.755. The largest absolute Gasteiger partial charge is 0.486 e. The number of hydrogen-bond donors (Lipinski definition) is 0. The van der Waals surface area contributed by atoms with Crippen molar-refractivity contribution in [2.75, 3.05) is 75.5 Å². The Balaban J connectivity index is 1.21. The van der Waals surface area contributed by atoms with Crippen LogP contribution in [0, 0.1) is 0 Å². The fraction of sp³-hybridized carbons (Fsp3) is 0.545. The van der Waals surface area contributed by atoms with E-state index in [-0.39, 0.29) is 0 Å². The Morgan fingerprint density at radius 3 is 2.57 bits per heavy atom. The Bertz CT molecular complexity index is 858. The Morgan fingerprint density at radius 2 is 1.67 bits per heavy atom. The Labute approximate surface area is 177 Å². The Morgan fingerprint density at radius 1 is 0.800 bits per heavy atom. The third-order valence-corrected chi connectivity index (χ3v) is 5.86. The molecule has 0 N–H and O–H groups in total. The normalized spacial score (nSPS) is 20.1. The van der Waals surface area contributed by atoms with Gasteiger partial charge in [0, 0.05) is 63.8 Å². The van der Waals surface area contributed by atoms with Crippen LogP contribution in [-0.4, -0.2) is 80.6 Å². The molecule has 8 nitrogen and oxygen atoms in total. The molecule has 0 aliphatic carbocycles. The van der Waals surface area contributed by atoms with Gasteiger partial charge in [-0.2, -0.15) is 0 Å². The average molecular weight is 412 g/mol. The minimum Gasteiger partial charge on any atom is -0.486 e. The van der Waals surface area contributed by atoms with E-state index in [1.807, 2.05) is 18.3 Å². The van der Waals surface area contributed by atoms with Gasteiger partial charge in [0.15, 0.2) is 11.5 Å². The first-order valence-corrected chi connectivity index (χ1v) is 10.9. The zero-order chi connectivity index (χ0) is 20.2. The molecule has 0 spiro atoms. The highest BCUT2D eigenvalue weighted by Crippen LogP contribution is 2.34. The smallest absolute Gasteiger partial charge is 0.225 e. The van der Waals surface area contributed by atoms with Crippen molar-refractivity contribution in [3.63, 3.8) is 0 Å². The molecule has 8 heteroatoms. The molecule has 3 aliphatic heterocycles. The van der Waals surface area contributed by atoms with Gasteiger partial charge in [0.2, 0.25) is 5.95 Å². The molecule has 1 aromatic carbocycles. The minimum atomic E-state index is 0.621. The number of aromatic nitrogens is 2. The summed E-state index contributed by atoms with van der Waals surface area (Å²) in [4.78, 5) is 16.4. The molecule has 30 heavy (non-hydrogen) atoms. The number of hydrogen-bond acceptors (Lipinski definition) is 8. The fourth-order valence-electron chi connectivity index (χ4n) is 4.23. The van der Waals surface area contributed by atoms with Crippen LogP contribution in [0.25, 0.3) is 0 Å². The topological polar surface area (TPSA) is 63.2 Å². The molecule has 0 saturated carbocycles.